The minimum atomic E-state index is -0.221. The van der Waals surface area contributed by atoms with Crippen LogP contribution in [0, 0.1) is 0 Å². The van der Waals surface area contributed by atoms with Crippen LogP contribution in [0.4, 0.5) is 0 Å². The zero-order chi connectivity index (χ0) is 41.1. The van der Waals surface area contributed by atoms with Crippen LogP contribution in [0.5, 0.6) is 0 Å². The zero-order valence-electron chi connectivity index (χ0n) is 34.0. The Morgan fingerprint density at radius 2 is 1.10 bits per heavy atom. The first-order valence-electron chi connectivity index (χ1n) is 21.1. The predicted octanol–water partition coefficient (Wildman–Crippen LogP) is 14.6. The summed E-state index contributed by atoms with van der Waals surface area (Å²) >= 11 is 1.87. The third-order valence-corrected chi connectivity index (χ3v) is 14.2. The normalized spacial score (nSPS) is 13.1. The molecule has 62 heavy (non-hydrogen) atoms. The fourth-order valence-electron chi connectivity index (χ4n) is 10.2. The van der Waals surface area contributed by atoms with Gasteiger partial charge in [0.1, 0.15) is 0 Å². The van der Waals surface area contributed by atoms with Crippen LogP contribution in [-0.2, 0) is 5.41 Å². The second-order valence-corrected chi connectivity index (χ2v) is 17.8. The van der Waals surface area contributed by atoms with Crippen molar-refractivity contribution in [2.24, 2.45) is 0 Å². The summed E-state index contributed by atoms with van der Waals surface area (Å²) in [7, 11) is 0. The summed E-state index contributed by atoms with van der Waals surface area (Å²) < 4.78 is 7.39. The highest BCUT2D eigenvalue weighted by Gasteiger charge is 2.41. The lowest BCUT2D eigenvalue weighted by Gasteiger charge is -2.21. The lowest BCUT2D eigenvalue weighted by Crippen LogP contribution is -2.14. The first kappa shape index (κ1) is 35.1. The van der Waals surface area contributed by atoms with Crippen LogP contribution in [0.1, 0.15) is 25.0 Å². The lowest BCUT2D eigenvalue weighted by atomic mass is 9.81. The molecule has 0 radical (unpaired) electrons. The largest absolute Gasteiger partial charge is 0.308 e. The molecule has 12 aromatic rings. The zero-order valence-corrected chi connectivity index (χ0v) is 34.9. The van der Waals surface area contributed by atoms with Crippen molar-refractivity contribution in [2.75, 3.05) is 0 Å². The maximum Gasteiger partial charge on any atom is 0.238 e. The minimum Gasteiger partial charge on any atom is -0.308 e. The number of thiophene rings is 1. The average Bonchev–Trinajstić information content (AvgIpc) is 4.05. The number of aromatic nitrogens is 5. The first-order chi connectivity index (χ1) is 30.5. The second-order valence-electron chi connectivity index (χ2n) is 16.8. The van der Waals surface area contributed by atoms with Crippen molar-refractivity contribution in [3.05, 3.63) is 199 Å². The smallest absolute Gasteiger partial charge is 0.238 e. The average molecular weight is 812 g/mol. The number of fused-ring (bicyclic) bond motifs is 12. The quantitative estimate of drug-likeness (QED) is 0.174. The summed E-state index contributed by atoms with van der Waals surface area (Å²) in [5, 5.41) is 6.14. The minimum absolute atomic E-state index is 0.221. The lowest BCUT2D eigenvalue weighted by molar-refractivity contribution is 0.666. The SMILES string of the molecule is CC1(C)c2ccccc2-c2c1c1ccc3c(c4cc(-c5cccc6c5sc5ccccc56)ccc4n3-c3nc(-c4ccccc4)nc(-c4ccccc4)n3)c1n2-c1ccccc1. The number of hydrogen-bond donors (Lipinski definition) is 0. The van der Waals surface area contributed by atoms with Crippen LogP contribution >= 0.6 is 11.3 Å². The molecule has 0 saturated heterocycles. The molecule has 1 aliphatic carbocycles. The number of benzene rings is 8. The van der Waals surface area contributed by atoms with Gasteiger partial charge in [-0.2, -0.15) is 9.97 Å². The summed E-state index contributed by atoms with van der Waals surface area (Å²) in [6.07, 6.45) is 0. The van der Waals surface area contributed by atoms with E-state index in [4.69, 9.17) is 15.0 Å². The van der Waals surface area contributed by atoms with Crippen molar-refractivity contribution < 1.29 is 0 Å². The van der Waals surface area contributed by atoms with Gasteiger partial charge in [-0.3, -0.25) is 4.57 Å². The van der Waals surface area contributed by atoms with Gasteiger partial charge in [0.2, 0.25) is 5.95 Å². The number of para-hydroxylation sites is 1. The number of rotatable bonds is 5. The summed E-state index contributed by atoms with van der Waals surface area (Å²) in [5.74, 6) is 1.83. The maximum atomic E-state index is 5.32. The van der Waals surface area contributed by atoms with Gasteiger partial charge in [0, 0.05) is 64.1 Å². The van der Waals surface area contributed by atoms with Crippen LogP contribution in [0.25, 0.3) is 110 Å². The number of hydrogen-bond acceptors (Lipinski definition) is 4. The molecule has 0 N–H and O–H groups in total. The van der Waals surface area contributed by atoms with Crippen molar-refractivity contribution in [3.8, 4) is 56.8 Å². The standard InChI is InChI=1S/C56H37N5S/c1-56(2)44-27-14-12-24-41(44)51-49(56)42-30-32-46-48(50(42)60(51)37-21-10-5-11-22-37)43-33-36(38-25-16-26-40-39-23-13-15-28-47(39)62-52(38)40)29-31-45(43)61(46)55-58-53(34-17-6-3-7-18-34)57-54(59-55)35-19-8-4-9-20-35/h3-33H,1-2H3. The summed E-state index contributed by atoms with van der Waals surface area (Å²) in [4.78, 5) is 15.7. The highest BCUT2D eigenvalue weighted by atomic mass is 32.1. The monoisotopic (exact) mass is 811 g/mol. The van der Waals surface area contributed by atoms with Crippen molar-refractivity contribution in [3.63, 3.8) is 0 Å². The second kappa shape index (κ2) is 13.2. The van der Waals surface area contributed by atoms with Gasteiger partial charge in [-0.1, -0.05) is 166 Å². The molecule has 13 rings (SSSR count). The Bertz CT molecular complexity index is 3710. The molecule has 0 spiro atoms. The molecular formula is C56H37N5S. The Labute approximate surface area is 361 Å². The van der Waals surface area contributed by atoms with E-state index in [1.165, 1.54) is 64.6 Å². The van der Waals surface area contributed by atoms with E-state index in [-0.39, 0.29) is 5.41 Å². The van der Waals surface area contributed by atoms with Crippen molar-refractivity contribution in [1.82, 2.24) is 24.1 Å². The molecular weight excluding hydrogens is 775 g/mol. The van der Waals surface area contributed by atoms with Crippen LogP contribution in [0.2, 0.25) is 0 Å². The van der Waals surface area contributed by atoms with Crippen molar-refractivity contribution in [1.29, 1.82) is 0 Å². The van der Waals surface area contributed by atoms with E-state index in [0.717, 1.165) is 38.6 Å². The molecule has 0 amide bonds. The van der Waals surface area contributed by atoms with Gasteiger partial charge >= 0.3 is 0 Å². The van der Waals surface area contributed by atoms with E-state index in [1.54, 1.807) is 0 Å². The van der Waals surface area contributed by atoms with E-state index in [2.05, 4.69) is 175 Å². The van der Waals surface area contributed by atoms with Crippen LogP contribution in [0.3, 0.4) is 0 Å². The fourth-order valence-corrected chi connectivity index (χ4v) is 11.5. The van der Waals surface area contributed by atoms with E-state index in [1.807, 2.05) is 47.7 Å². The van der Waals surface area contributed by atoms with Crippen LogP contribution in [-0.4, -0.2) is 24.1 Å². The molecule has 8 aromatic carbocycles. The molecule has 0 fully saturated rings. The van der Waals surface area contributed by atoms with Crippen molar-refractivity contribution in [2.45, 2.75) is 19.3 Å². The molecule has 6 heteroatoms. The molecule has 0 saturated carbocycles. The molecule has 1 aliphatic rings. The van der Waals surface area contributed by atoms with Gasteiger partial charge < -0.3 is 4.57 Å². The fraction of sp³-hybridized carbons (Fsp3) is 0.0536. The van der Waals surface area contributed by atoms with E-state index >= 15 is 0 Å². The Kier molecular flexibility index (Phi) is 7.46. The first-order valence-corrected chi connectivity index (χ1v) is 21.9. The molecule has 4 heterocycles. The predicted molar refractivity (Wildman–Crippen MR) is 258 cm³/mol. The van der Waals surface area contributed by atoms with E-state index < -0.39 is 0 Å². The van der Waals surface area contributed by atoms with E-state index in [0.29, 0.717) is 17.6 Å². The topological polar surface area (TPSA) is 48.5 Å². The molecule has 0 atom stereocenters. The van der Waals surface area contributed by atoms with Crippen molar-refractivity contribution >= 4 is 64.2 Å². The molecule has 5 nitrogen and oxygen atoms in total. The van der Waals surface area contributed by atoms with Gasteiger partial charge in [0.15, 0.2) is 11.6 Å². The molecule has 4 aromatic heterocycles. The molecule has 0 bridgehead atoms. The maximum absolute atomic E-state index is 5.32. The van der Waals surface area contributed by atoms with Crippen LogP contribution in [0.15, 0.2) is 188 Å². The third kappa shape index (κ3) is 4.98. The molecule has 0 unspecified atom stereocenters. The van der Waals surface area contributed by atoms with Gasteiger partial charge in [-0.15, -0.1) is 11.3 Å². The van der Waals surface area contributed by atoms with Gasteiger partial charge in [0.05, 0.1) is 22.2 Å². The third-order valence-electron chi connectivity index (χ3n) is 13.0. The highest BCUT2D eigenvalue weighted by Crippen LogP contribution is 2.55. The van der Waals surface area contributed by atoms with E-state index in [9.17, 15) is 0 Å². The Balaban J connectivity index is 1.19. The summed E-state index contributed by atoms with van der Waals surface area (Å²) in [6.45, 7) is 4.76. The highest BCUT2D eigenvalue weighted by molar-refractivity contribution is 7.26. The Hall–Kier alpha value is -7.67. The Morgan fingerprint density at radius 1 is 0.468 bits per heavy atom. The van der Waals surface area contributed by atoms with Gasteiger partial charge in [-0.05, 0) is 58.7 Å². The molecule has 0 aliphatic heterocycles. The van der Waals surface area contributed by atoms with Gasteiger partial charge in [0.25, 0.3) is 0 Å². The van der Waals surface area contributed by atoms with Gasteiger partial charge in [-0.25, -0.2) is 4.98 Å². The Morgan fingerprint density at radius 3 is 1.85 bits per heavy atom. The summed E-state index contributed by atoms with van der Waals surface area (Å²) in [5.41, 5.74) is 13.7. The molecule has 292 valence electrons. The van der Waals surface area contributed by atoms with Crippen LogP contribution < -0.4 is 0 Å². The summed E-state index contributed by atoms with van der Waals surface area (Å²) in [6, 6.07) is 67.4. The number of nitrogens with zero attached hydrogens (tertiary/aromatic N) is 5.